The molecule has 1 rings (SSSR count). The highest BCUT2D eigenvalue weighted by Gasteiger charge is 2.33. The van der Waals surface area contributed by atoms with E-state index in [1.165, 1.54) is 18.2 Å². The Kier molecular flexibility index (Phi) is 3.22. The van der Waals surface area contributed by atoms with E-state index in [1.54, 1.807) is 20.8 Å². The average molecular weight is 212 g/mol. The molecular weight excluding hydrogens is 198 g/mol. The van der Waals surface area contributed by atoms with Crippen LogP contribution in [0.3, 0.4) is 0 Å². The number of carbonyl (C=O) groups excluding carboxylic acids is 1. The van der Waals surface area contributed by atoms with Gasteiger partial charge in [-0.05, 0) is 26.0 Å². The van der Waals surface area contributed by atoms with E-state index in [-0.39, 0.29) is 17.8 Å². The highest BCUT2D eigenvalue weighted by molar-refractivity contribution is 5.89. The van der Waals surface area contributed by atoms with Gasteiger partial charge in [-0.3, -0.25) is 4.79 Å². The summed E-state index contributed by atoms with van der Waals surface area (Å²) in [7, 11) is 0. The van der Waals surface area contributed by atoms with Crippen LogP contribution in [0.4, 0.5) is 8.78 Å². The van der Waals surface area contributed by atoms with E-state index in [1.807, 2.05) is 0 Å². The first-order valence-electron chi connectivity index (χ1n) is 4.89. The van der Waals surface area contributed by atoms with Crippen LogP contribution in [0, 0.1) is 11.6 Å². The first-order valence-corrected chi connectivity index (χ1v) is 4.89. The number of benzene rings is 1. The molecule has 1 aromatic rings. The second-order valence-corrected chi connectivity index (χ2v) is 4.00. The first-order chi connectivity index (χ1) is 6.91. The SMILES string of the molecule is CCC(=O)C(C)(C)c1c(F)cccc1F. The van der Waals surface area contributed by atoms with Crippen LogP contribution in [0.1, 0.15) is 32.8 Å². The van der Waals surface area contributed by atoms with Gasteiger partial charge in [0.15, 0.2) is 0 Å². The van der Waals surface area contributed by atoms with Crippen molar-refractivity contribution < 1.29 is 13.6 Å². The summed E-state index contributed by atoms with van der Waals surface area (Å²) in [6.07, 6.45) is 0.265. The van der Waals surface area contributed by atoms with Crippen molar-refractivity contribution in [2.75, 3.05) is 0 Å². The minimum Gasteiger partial charge on any atom is -0.299 e. The zero-order valence-corrected chi connectivity index (χ0v) is 9.10. The van der Waals surface area contributed by atoms with Crippen LogP contribution >= 0.6 is 0 Å². The third-order valence-electron chi connectivity index (χ3n) is 2.61. The van der Waals surface area contributed by atoms with Gasteiger partial charge in [-0.15, -0.1) is 0 Å². The Balaban J connectivity index is 3.32. The summed E-state index contributed by atoms with van der Waals surface area (Å²) in [4.78, 5) is 11.6. The zero-order chi connectivity index (χ0) is 11.6. The minimum absolute atomic E-state index is 0.142. The van der Waals surface area contributed by atoms with E-state index in [0.717, 1.165) is 0 Å². The van der Waals surface area contributed by atoms with E-state index in [2.05, 4.69) is 0 Å². The molecule has 3 heteroatoms. The molecule has 0 bridgehead atoms. The third kappa shape index (κ3) is 2.06. The number of hydrogen-bond donors (Lipinski definition) is 0. The molecular formula is C12H14F2O. The van der Waals surface area contributed by atoms with Crippen LogP contribution < -0.4 is 0 Å². The molecule has 0 heterocycles. The van der Waals surface area contributed by atoms with E-state index in [9.17, 15) is 13.6 Å². The highest BCUT2D eigenvalue weighted by Crippen LogP contribution is 2.30. The van der Waals surface area contributed by atoms with Crippen molar-refractivity contribution >= 4 is 5.78 Å². The van der Waals surface area contributed by atoms with Gasteiger partial charge >= 0.3 is 0 Å². The molecule has 0 aliphatic rings. The molecule has 0 aromatic heterocycles. The highest BCUT2D eigenvalue weighted by atomic mass is 19.1. The molecule has 0 saturated carbocycles. The fraction of sp³-hybridized carbons (Fsp3) is 0.417. The summed E-state index contributed by atoms with van der Waals surface area (Å²) in [6.45, 7) is 4.77. The molecule has 0 unspecified atom stereocenters. The molecule has 0 saturated heterocycles. The van der Waals surface area contributed by atoms with Crippen molar-refractivity contribution in [1.82, 2.24) is 0 Å². The summed E-state index contributed by atoms with van der Waals surface area (Å²) in [5.74, 6) is -1.50. The maximum absolute atomic E-state index is 13.5. The third-order valence-corrected chi connectivity index (χ3v) is 2.61. The smallest absolute Gasteiger partial charge is 0.142 e. The van der Waals surface area contributed by atoms with Crippen LogP contribution in [0.5, 0.6) is 0 Å². The molecule has 0 radical (unpaired) electrons. The van der Waals surface area contributed by atoms with Gasteiger partial charge in [0, 0.05) is 12.0 Å². The van der Waals surface area contributed by atoms with Crippen molar-refractivity contribution in [3.63, 3.8) is 0 Å². The fourth-order valence-electron chi connectivity index (χ4n) is 1.68. The van der Waals surface area contributed by atoms with Crippen LogP contribution in [-0.4, -0.2) is 5.78 Å². The summed E-state index contributed by atoms with van der Waals surface area (Å²) < 4.78 is 26.9. The van der Waals surface area contributed by atoms with Gasteiger partial charge in [0.05, 0.1) is 5.41 Å². The van der Waals surface area contributed by atoms with Gasteiger partial charge in [-0.25, -0.2) is 8.78 Å². The monoisotopic (exact) mass is 212 g/mol. The normalized spacial score (nSPS) is 11.5. The van der Waals surface area contributed by atoms with Gasteiger partial charge in [0.25, 0.3) is 0 Å². The lowest BCUT2D eigenvalue weighted by molar-refractivity contribution is -0.123. The maximum Gasteiger partial charge on any atom is 0.142 e. The van der Waals surface area contributed by atoms with Crippen LogP contribution in [0.2, 0.25) is 0 Å². The fourth-order valence-corrected chi connectivity index (χ4v) is 1.68. The standard InChI is InChI=1S/C12H14F2O/c1-4-10(15)12(2,3)11-8(13)6-5-7-9(11)14/h5-7H,4H2,1-3H3. The number of Topliss-reactive ketones (excluding diaryl/α,β-unsaturated/α-hetero) is 1. The van der Waals surface area contributed by atoms with Gasteiger partial charge in [-0.2, -0.15) is 0 Å². The van der Waals surface area contributed by atoms with Gasteiger partial charge < -0.3 is 0 Å². The van der Waals surface area contributed by atoms with E-state index in [4.69, 9.17) is 0 Å². The van der Waals surface area contributed by atoms with Gasteiger partial charge in [0.1, 0.15) is 17.4 Å². The van der Waals surface area contributed by atoms with Crippen LogP contribution in [0.15, 0.2) is 18.2 Å². The number of ketones is 1. The topological polar surface area (TPSA) is 17.1 Å². The Morgan fingerprint density at radius 3 is 2.13 bits per heavy atom. The maximum atomic E-state index is 13.5. The number of carbonyl (C=O) groups is 1. The van der Waals surface area contributed by atoms with Crippen molar-refractivity contribution in [3.8, 4) is 0 Å². The molecule has 82 valence electrons. The van der Waals surface area contributed by atoms with Gasteiger partial charge in [-0.1, -0.05) is 13.0 Å². The van der Waals surface area contributed by atoms with Crippen LogP contribution in [0.25, 0.3) is 0 Å². The summed E-state index contributed by atoms with van der Waals surface area (Å²) in [5.41, 5.74) is -1.25. The molecule has 0 aliphatic heterocycles. The molecule has 1 nitrogen and oxygen atoms in total. The first kappa shape index (κ1) is 11.8. The second-order valence-electron chi connectivity index (χ2n) is 4.00. The lowest BCUT2D eigenvalue weighted by atomic mass is 9.79. The minimum atomic E-state index is -1.11. The largest absolute Gasteiger partial charge is 0.299 e. The molecule has 0 atom stereocenters. The summed E-state index contributed by atoms with van der Waals surface area (Å²) in [6, 6.07) is 3.63. The van der Waals surface area contributed by atoms with E-state index >= 15 is 0 Å². The predicted octanol–water partition coefficient (Wildman–Crippen LogP) is 3.22. The van der Waals surface area contributed by atoms with Crippen molar-refractivity contribution in [3.05, 3.63) is 35.4 Å². The Labute approximate surface area is 88.1 Å². The number of rotatable bonds is 3. The quantitative estimate of drug-likeness (QED) is 0.751. The number of hydrogen-bond acceptors (Lipinski definition) is 1. The molecule has 0 N–H and O–H groups in total. The summed E-state index contributed by atoms with van der Waals surface area (Å²) in [5, 5.41) is 0. The Bertz CT molecular complexity index is 363. The molecule has 0 fully saturated rings. The Morgan fingerprint density at radius 1 is 1.27 bits per heavy atom. The molecule has 1 aromatic carbocycles. The molecule has 0 amide bonds. The Morgan fingerprint density at radius 2 is 1.73 bits per heavy atom. The van der Waals surface area contributed by atoms with Crippen molar-refractivity contribution in [2.45, 2.75) is 32.6 Å². The van der Waals surface area contributed by atoms with Gasteiger partial charge in [0.2, 0.25) is 0 Å². The zero-order valence-electron chi connectivity index (χ0n) is 9.10. The summed E-state index contributed by atoms with van der Waals surface area (Å²) >= 11 is 0. The molecule has 15 heavy (non-hydrogen) atoms. The van der Waals surface area contributed by atoms with Crippen molar-refractivity contribution in [2.24, 2.45) is 0 Å². The average Bonchev–Trinajstić information content (AvgIpc) is 2.15. The predicted molar refractivity (Wildman–Crippen MR) is 54.7 cm³/mol. The van der Waals surface area contributed by atoms with E-state index < -0.39 is 17.0 Å². The second kappa shape index (κ2) is 4.09. The van der Waals surface area contributed by atoms with Crippen molar-refractivity contribution in [1.29, 1.82) is 0 Å². The van der Waals surface area contributed by atoms with Crippen LogP contribution in [-0.2, 0) is 10.2 Å². The lowest BCUT2D eigenvalue weighted by Crippen LogP contribution is -2.30. The molecule has 0 aliphatic carbocycles. The lowest BCUT2D eigenvalue weighted by Gasteiger charge is -2.24. The molecule has 0 spiro atoms. The Hall–Kier alpha value is -1.25. The van der Waals surface area contributed by atoms with E-state index in [0.29, 0.717) is 0 Å². The number of halogens is 2.